The van der Waals surface area contributed by atoms with Crippen LogP contribution in [-0.2, 0) is 13.2 Å². The number of benzene rings is 4. The SMILES string of the molecule is N[C@@H]1C[C@H]1c1ccc(OCc2ccccc2)cc1.O=[N+]([O-])[C@@H]1C[C@H]1c1ccc(OCc2ccccc2)cc1. The maximum atomic E-state index is 10.7. The number of ether oxygens (including phenoxy) is 2. The van der Waals surface area contributed by atoms with E-state index < -0.39 is 6.04 Å². The summed E-state index contributed by atoms with van der Waals surface area (Å²) in [5.74, 6) is 2.34. The quantitative estimate of drug-likeness (QED) is 0.207. The molecule has 6 heteroatoms. The minimum absolute atomic E-state index is 0.0770. The fourth-order valence-corrected chi connectivity index (χ4v) is 4.48. The zero-order valence-electron chi connectivity index (χ0n) is 21.2. The third-order valence-electron chi connectivity index (χ3n) is 6.98. The molecule has 4 aromatic rings. The standard InChI is InChI=1S/C16H15NO3.C16H17NO/c18-17(19)16-10-15(16)13-6-8-14(9-7-13)20-11-12-4-2-1-3-5-12;17-16-10-15(16)13-6-8-14(9-7-13)18-11-12-4-2-1-3-5-12/h1-9,15-16H,10-11H2;1-9,15-16H,10-11,17H2/t2*15-,16+/m00/s1. The molecule has 6 rings (SSSR count). The molecule has 0 saturated heterocycles. The molecular weight excluding hydrogens is 476 g/mol. The first-order valence-electron chi connectivity index (χ1n) is 13.0. The first kappa shape index (κ1) is 25.5. The number of nitrogens with two attached hydrogens (primary N) is 1. The minimum atomic E-state index is -0.397. The molecule has 0 spiro atoms. The molecule has 2 N–H and O–H groups in total. The molecular formula is C32H32N2O4. The molecule has 0 radical (unpaired) electrons. The first-order valence-corrected chi connectivity index (χ1v) is 13.0. The van der Waals surface area contributed by atoms with E-state index in [2.05, 4.69) is 24.3 Å². The van der Waals surface area contributed by atoms with Crippen LogP contribution in [0.4, 0.5) is 0 Å². The van der Waals surface area contributed by atoms with E-state index in [1.807, 2.05) is 84.9 Å². The summed E-state index contributed by atoms with van der Waals surface area (Å²) in [5.41, 5.74) is 10.5. The van der Waals surface area contributed by atoms with Gasteiger partial charge in [-0.25, -0.2) is 0 Å². The Morgan fingerprint density at radius 2 is 1.08 bits per heavy atom. The lowest BCUT2D eigenvalue weighted by atomic mass is 10.1. The van der Waals surface area contributed by atoms with E-state index in [9.17, 15) is 10.1 Å². The van der Waals surface area contributed by atoms with Crippen molar-refractivity contribution in [3.63, 3.8) is 0 Å². The number of nitro groups is 1. The van der Waals surface area contributed by atoms with Crippen LogP contribution in [0, 0.1) is 10.1 Å². The Balaban J connectivity index is 0.000000156. The summed E-state index contributed by atoms with van der Waals surface area (Å²) < 4.78 is 11.4. The van der Waals surface area contributed by atoms with Crippen molar-refractivity contribution in [2.24, 2.45) is 5.73 Å². The Kier molecular flexibility index (Phi) is 8.00. The number of hydrogen-bond acceptors (Lipinski definition) is 5. The summed E-state index contributed by atoms with van der Waals surface area (Å²) in [6.07, 6.45) is 1.77. The molecule has 2 saturated carbocycles. The predicted molar refractivity (Wildman–Crippen MR) is 148 cm³/mol. The molecule has 0 bridgehead atoms. The van der Waals surface area contributed by atoms with Gasteiger partial charge in [0.05, 0.1) is 5.92 Å². The van der Waals surface area contributed by atoms with E-state index in [1.165, 1.54) is 11.1 Å². The van der Waals surface area contributed by atoms with Gasteiger partial charge in [0.15, 0.2) is 0 Å². The first-order chi connectivity index (χ1) is 18.6. The largest absolute Gasteiger partial charge is 0.489 e. The van der Waals surface area contributed by atoms with Crippen LogP contribution >= 0.6 is 0 Å². The van der Waals surface area contributed by atoms with Crippen molar-refractivity contribution in [1.29, 1.82) is 0 Å². The third-order valence-corrected chi connectivity index (χ3v) is 6.98. The monoisotopic (exact) mass is 508 g/mol. The van der Waals surface area contributed by atoms with Crippen LogP contribution in [0.3, 0.4) is 0 Å². The average molecular weight is 509 g/mol. The lowest BCUT2D eigenvalue weighted by molar-refractivity contribution is -0.496. The summed E-state index contributed by atoms with van der Waals surface area (Å²) >= 11 is 0. The minimum Gasteiger partial charge on any atom is -0.489 e. The van der Waals surface area contributed by atoms with Gasteiger partial charge in [-0.05, 0) is 52.9 Å². The highest BCUT2D eigenvalue weighted by Gasteiger charge is 2.49. The zero-order valence-corrected chi connectivity index (χ0v) is 21.2. The Hall–Kier alpha value is -4.16. The number of rotatable bonds is 9. The van der Waals surface area contributed by atoms with E-state index in [0.717, 1.165) is 29.0 Å². The van der Waals surface area contributed by atoms with Crippen LogP contribution in [0.15, 0.2) is 109 Å². The van der Waals surface area contributed by atoms with Crippen molar-refractivity contribution in [1.82, 2.24) is 0 Å². The Bertz CT molecular complexity index is 1310. The summed E-state index contributed by atoms with van der Waals surface area (Å²) in [5, 5.41) is 10.7. The second kappa shape index (κ2) is 11.9. The number of hydrogen-bond donors (Lipinski definition) is 1. The molecule has 0 aliphatic heterocycles. The van der Waals surface area contributed by atoms with Gasteiger partial charge in [-0.2, -0.15) is 0 Å². The van der Waals surface area contributed by atoms with E-state index in [-0.39, 0.29) is 10.8 Å². The second-order valence-electron chi connectivity index (χ2n) is 9.89. The molecule has 0 amide bonds. The van der Waals surface area contributed by atoms with E-state index in [1.54, 1.807) is 0 Å². The van der Waals surface area contributed by atoms with Gasteiger partial charge in [0.2, 0.25) is 6.04 Å². The van der Waals surface area contributed by atoms with E-state index in [4.69, 9.17) is 15.2 Å². The maximum Gasteiger partial charge on any atom is 0.221 e. The molecule has 194 valence electrons. The van der Waals surface area contributed by atoms with Crippen LogP contribution in [0.2, 0.25) is 0 Å². The van der Waals surface area contributed by atoms with Gasteiger partial charge >= 0.3 is 0 Å². The molecule has 2 fully saturated rings. The Morgan fingerprint density at radius 3 is 1.45 bits per heavy atom. The molecule has 2 aliphatic carbocycles. The van der Waals surface area contributed by atoms with E-state index >= 15 is 0 Å². The molecule has 0 heterocycles. The topological polar surface area (TPSA) is 87.6 Å². The average Bonchev–Trinajstić information content (AvgIpc) is 3.89. The van der Waals surface area contributed by atoms with Crippen LogP contribution in [-0.4, -0.2) is 17.0 Å². The molecule has 4 atom stereocenters. The lowest BCUT2D eigenvalue weighted by Gasteiger charge is -2.07. The van der Waals surface area contributed by atoms with Gasteiger partial charge in [0.25, 0.3) is 0 Å². The lowest BCUT2D eigenvalue weighted by Crippen LogP contribution is -2.02. The number of nitrogens with zero attached hydrogens (tertiary/aromatic N) is 1. The van der Waals surface area contributed by atoms with Crippen molar-refractivity contribution >= 4 is 0 Å². The van der Waals surface area contributed by atoms with Crippen molar-refractivity contribution < 1.29 is 14.4 Å². The van der Waals surface area contributed by atoms with Crippen molar-refractivity contribution in [3.05, 3.63) is 142 Å². The summed E-state index contributed by atoms with van der Waals surface area (Å²) in [4.78, 5) is 10.5. The van der Waals surface area contributed by atoms with Gasteiger partial charge in [-0.3, -0.25) is 10.1 Å². The van der Waals surface area contributed by atoms with Crippen LogP contribution in [0.25, 0.3) is 0 Å². The second-order valence-corrected chi connectivity index (χ2v) is 9.89. The normalized spacial score (nSPS) is 21.0. The Morgan fingerprint density at radius 1 is 0.658 bits per heavy atom. The maximum absolute atomic E-state index is 10.7. The molecule has 38 heavy (non-hydrogen) atoms. The summed E-state index contributed by atoms with van der Waals surface area (Å²) in [6, 6.07) is 36.0. The summed E-state index contributed by atoms with van der Waals surface area (Å²) in [6.45, 7) is 1.14. The van der Waals surface area contributed by atoms with Crippen molar-refractivity contribution in [3.8, 4) is 11.5 Å². The molecule has 0 unspecified atom stereocenters. The van der Waals surface area contributed by atoms with Crippen molar-refractivity contribution in [2.75, 3.05) is 0 Å². The van der Waals surface area contributed by atoms with Gasteiger partial charge < -0.3 is 15.2 Å². The van der Waals surface area contributed by atoms with Gasteiger partial charge in [-0.15, -0.1) is 0 Å². The third kappa shape index (κ3) is 6.99. The fraction of sp³-hybridized carbons (Fsp3) is 0.250. The van der Waals surface area contributed by atoms with Gasteiger partial charge in [0.1, 0.15) is 24.7 Å². The van der Waals surface area contributed by atoms with Gasteiger partial charge in [0, 0.05) is 23.3 Å². The van der Waals surface area contributed by atoms with Crippen LogP contribution in [0.1, 0.15) is 46.9 Å². The van der Waals surface area contributed by atoms with E-state index in [0.29, 0.717) is 31.6 Å². The van der Waals surface area contributed by atoms with Gasteiger partial charge in [-0.1, -0.05) is 84.9 Å². The molecule has 6 nitrogen and oxygen atoms in total. The van der Waals surface area contributed by atoms with Crippen molar-refractivity contribution in [2.45, 2.75) is 50.0 Å². The molecule has 2 aliphatic rings. The van der Waals surface area contributed by atoms with Crippen LogP contribution in [0.5, 0.6) is 11.5 Å². The smallest absolute Gasteiger partial charge is 0.221 e. The fourth-order valence-electron chi connectivity index (χ4n) is 4.48. The van der Waals surface area contributed by atoms with Crippen LogP contribution < -0.4 is 15.2 Å². The molecule has 4 aromatic carbocycles. The Labute approximate surface area is 223 Å². The highest BCUT2D eigenvalue weighted by atomic mass is 16.6. The summed E-state index contributed by atoms with van der Waals surface area (Å²) in [7, 11) is 0. The highest BCUT2D eigenvalue weighted by Crippen LogP contribution is 2.43. The molecule has 0 aromatic heterocycles. The predicted octanol–water partition coefficient (Wildman–Crippen LogP) is 6.48. The zero-order chi connectivity index (χ0) is 26.3. The highest BCUT2D eigenvalue weighted by molar-refractivity contribution is 5.34.